The molecule has 25 heavy (non-hydrogen) atoms. The number of carbonyl (C=O) groups excluding carboxylic acids is 1. The number of hydrogen-bond donors (Lipinski definition) is 0. The Balaban J connectivity index is 2.07. The van der Waals surface area contributed by atoms with Crippen LogP contribution >= 0.6 is 0 Å². The van der Waals surface area contributed by atoms with Gasteiger partial charge in [-0.25, -0.2) is 8.42 Å². The standard InChI is InChI=1S/C19H21NO4S/c1-24-16-9-6-14(7-10-16)15-8-11-17(18(13-15)25(2,22)23)20-12-4-3-5-19(20)21/h6-11,13H,3-5,12H2,1-2H3. The number of anilines is 1. The van der Waals surface area contributed by atoms with Gasteiger partial charge in [-0.1, -0.05) is 18.2 Å². The first-order valence-electron chi connectivity index (χ1n) is 8.19. The summed E-state index contributed by atoms with van der Waals surface area (Å²) >= 11 is 0. The molecule has 132 valence electrons. The fourth-order valence-electron chi connectivity index (χ4n) is 3.06. The Morgan fingerprint density at radius 1 is 1.00 bits per heavy atom. The minimum absolute atomic E-state index is 0.0200. The van der Waals surface area contributed by atoms with Crippen LogP contribution in [0.25, 0.3) is 11.1 Å². The Morgan fingerprint density at radius 2 is 1.68 bits per heavy atom. The summed E-state index contributed by atoms with van der Waals surface area (Å²) in [5, 5.41) is 0. The zero-order valence-electron chi connectivity index (χ0n) is 14.4. The van der Waals surface area contributed by atoms with E-state index in [9.17, 15) is 13.2 Å². The maximum Gasteiger partial charge on any atom is 0.227 e. The van der Waals surface area contributed by atoms with Crippen molar-refractivity contribution in [2.24, 2.45) is 0 Å². The summed E-state index contributed by atoms with van der Waals surface area (Å²) in [5.74, 6) is 0.718. The Labute approximate surface area is 148 Å². The van der Waals surface area contributed by atoms with E-state index in [1.54, 1.807) is 24.1 Å². The molecule has 0 unspecified atom stereocenters. The monoisotopic (exact) mass is 359 g/mol. The predicted octanol–water partition coefficient (Wildman–Crippen LogP) is 3.28. The third-order valence-corrected chi connectivity index (χ3v) is 5.52. The molecule has 5 nitrogen and oxygen atoms in total. The van der Waals surface area contributed by atoms with Crippen LogP contribution in [0.3, 0.4) is 0 Å². The van der Waals surface area contributed by atoms with E-state index < -0.39 is 9.84 Å². The van der Waals surface area contributed by atoms with Gasteiger partial charge in [-0.05, 0) is 48.2 Å². The van der Waals surface area contributed by atoms with Crippen molar-refractivity contribution in [3.63, 3.8) is 0 Å². The number of benzene rings is 2. The predicted molar refractivity (Wildman–Crippen MR) is 97.7 cm³/mol. The molecule has 1 aliphatic heterocycles. The van der Waals surface area contributed by atoms with Crippen LogP contribution in [0.2, 0.25) is 0 Å². The molecule has 2 aromatic rings. The van der Waals surface area contributed by atoms with E-state index in [1.807, 2.05) is 30.3 Å². The summed E-state index contributed by atoms with van der Waals surface area (Å²) in [6.07, 6.45) is 3.38. The van der Waals surface area contributed by atoms with Crippen LogP contribution in [0.1, 0.15) is 19.3 Å². The van der Waals surface area contributed by atoms with Crippen LogP contribution in [-0.2, 0) is 14.6 Å². The minimum Gasteiger partial charge on any atom is -0.497 e. The van der Waals surface area contributed by atoms with E-state index in [0.717, 1.165) is 29.7 Å². The summed E-state index contributed by atoms with van der Waals surface area (Å²) in [7, 11) is -1.87. The third kappa shape index (κ3) is 3.69. The summed E-state index contributed by atoms with van der Waals surface area (Å²) in [5.41, 5.74) is 2.16. The highest BCUT2D eigenvalue weighted by Crippen LogP contribution is 2.33. The molecule has 1 fully saturated rings. The molecule has 2 aromatic carbocycles. The number of hydrogen-bond acceptors (Lipinski definition) is 4. The zero-order valence-corrected chi connectivity index (χ0v) is 15.2. The molecule has 3 rings (SSSR count). The van der Waals surface area contributed by atoms with E-state index in [4.69, 9.17) is 4.74 Å². The molecule has 0 aliphatic carbocycles. The van der Waals surface area contributed by atoms with Gasteiger partial charge in [0.05, 0.1) is 17.7 Å². The van der Waals surface area contributed by atoms with Crippen molar-refractivity contribution in [3.05, 3.63) is 42.5 Å². The van der Waals surface area contributed by atoms with Gasteiger partial charge in [-0.2, -0.15) is 0 Å². The van der Waals surface area contributed by atoms with Crippen molar-refractivity contribution in [2.45, 2.75) is 24.2 Å². The van der Waals surface area contributed by atoms with Gasteiger partial charge >= 0.3 is 0 Å². The molecule has 0 saturated carbocycles. The lowest BCUT2D eigenvalue weighted by Crippen LogP contribution is -2.36. The highest BCUT2D eigenvalue weighted by atomic mass is 32.2. The Hall–Kier alpha value is -2.34. The molecule has 0 N–H and O–H groups in total. The number of nitrogens with zero attached hydrogens (tertiary/aromatic N) is 1. The first-order chi connectivity index (χ1) is 11.9. The quantitative estimate of drug-likeness (QED) is 0.840. The Morgan fingerprint density at radius 3 is 2.28 bits per heavy atom. The lowest BCUT2D eigenvalue weighted by Gasteiger charge is -2.28. The van der Waals surface area contributed by atoms with Gasteiger partial charge in [0.25, 0.3) is 0 Å². The van der Waals surface area contributed by atoms with Crippen LogP contribution in [-0.4, -0.2) is 34.2 Å². The summed E-state index contributed by atoms with van der Waals surface area (Å²) < 4.78 is 29.8. The second-order valence-corrected chi connectivity index (χ2v) is 8.17. The molecule has 1 aliphatic rings. The maximum absolute atomic E-state index is 12.3. The largest absolute Gasteiger partial charge is 0.497 e. The molecular weight excluding hydrogens is 338 g/mol. The van der Waals surface area contributed by atoms with E-state index in [-0.39, 0.29) is 10.8 Å². The van der Waals surface area contributed by atoms with Crippen molar-refractivity contribution in [2.75, 3.05) is 24.8 Å². The molecule has 1 saturated heterocycles. The minimum atomic E-state index is -3.47. The normalized spacial score (nSPS) is 15.3. The topological polar surface area (TPSA) is 63.7 Å². The second kappa shape index (κ2) is 6.88. The lowest BCUT2D eigenvalue weighted by molar-refractivity contribution is -0.119. The zero-order chi connectivity index (χ0) is 18.0. The van der Waals surface area contributed by atoms with E-state index in [0.29, 0.717) is 18.7 Å². The molecular formula is C19H21NO4S. The van der Waals surface area contributed by atoms with Gasteiger partial charge in [0.15, 0.2) is 9.84 Å². The number of ether oxygens (including phenoxy) is 1. The fourth-order valence-corrected chi connectivity index (χ4v) is 3.96. The van der Waals surface area contributed by atoms with E-state index >= 15 is 0 Å². The number of carbonyl (C=O) groups is 1. The average Bonchev–Trinajstić information content (AvgIpc) is 2.61. The van der Waals surface area contributed by atoms with Crippen molar-refractivity contribution in [1.29, 1.82) is 0 Å². The van der Waals surface area contributed by atoms with Crippen molar-refractivity contribution >= 4 is 21.4 Å². The smallest absolute Gasteiger partial charge is 0.227 e. The average molecular weight is 359 g/mol. The van der Waals surface area contributed by atoms with Crippen LogP contribution in [0.4, 0.5) is 5.69 Å². The molecule has 1 heterocycles. The van der Waals surface area contributed by atoms with Gasteiger partial charge in [0, 0.05) is 19.2 Å². The molecule has 0 radical (unpaired) electrons. The number of piperidine rings is 1. The molecule has 1 amide bonds. The van der Waals surface area contributed by atoms with Gasteiger partial charge in [0.2, 0.25) is 5.91 Å². The first-order valence-corrected chi connectivity index (χ1v) is 10.1. The summed E-state index contributed by atoms with van der Waals surface area (Å²) in [4.78, 5) is 14.0. The van der Waals surface area contributed by atoms with Crippen LogP contribution in [0.5, 0.6) is 5.75 Å². The van der Waals surface area contributed by atoms with Gasteiger partial charge < -0.3 is 9.64 Å². The lowest BCUT2D eigenvalue weighted by atomic mass is 10.0. The number of rotatable bonds is 4. The van der Waals surface area contributed by atoms with Crippen LogP contribution in [0, 0.1) is 0 Å². The molecule has 6 heteroatoms. The first kappa shape index (κ1) is 17.5. The second-order valence-electron chi connectivity index (χ2n) is 6.19. The van der Waals surface area contributed by atoms with E-state index in [1.165, 1.54) is 6.26 Å². The molecule has 0 bridgehead atoms. The molecule has 0 spiro atoms. The summed E-state index contributed by atoms with van der Waals surface area (Å²) in [6.45, 7) is 0.559. The highest BCUT2D eigenvalue weighted by molar-refractivity contribution is 7.90. The van der Waals surface area contributed by atoms with Crippen molar-refractivity contribution in [3.8, 4) is 16.9 Å². The van der Waals surface area contributed by atoms with Crippen molar-refractivity contribution in [1.82, 2.24) is 0 Å². The van der Waals surface area contributed by atoms with Crippen LogP contribution in [0.15, 0.2) is 47.4 Å². The Kier molecular flexibility index (Phi) is 4.81. The fraction of sp³-hybridized carbons (Fsp3) is 0.316. The molecule has 0 aromatic heterocycles. The Bertz CT molecular complexity index is 888. The van der Waals surface area contributed by atoms with Gasteiger partial charge in [0.1, 0.15) is 5.75 Å². The van der Waals surface area contributed by atoms with Gasteiger partial charge in [-0.15, -0.1) is 0 Å². The highest BCUT2D eigenvalue weighted by Gasteiger charge is 2.25. The number of sulfone groups is 1. The summed E-state index contributed by atoms with van der Waals surface area (Å²) in [6, 6.07) is 12.7. The third-order valence-electron chi connectivity index (χ3n) is 4.40. The number of methoxy groups -OCH3 is 1. The number of amides is 1. The van der Waals surface area contributed by atoms with Crippen LogP contribution < -0.4 is 9.64 Å². The van der Waals surface area contributed by atoms with E-state index in [2.05, 4.69) is 0 Å². The SMILES string of the molecule is COc1ccc(-c2ccc(N3CCCCC3=O)c(S(C)(=O)=O)c2)cc1. The molecule has 0 atom stereocenters. The van der Waals surface area contributed by atoms with Gasteiger partial charge in [-0.3, -0.25) is 4.79 Å². The maximum atomic E-state index is 12.3. The van der Waals surface area contributed by atoms with Crippen molar-refractivity contribution < 1.29 is 17.9 Å².